The summed E-state index contributed by atoms with van der Waals surface area (Å²) in [5, 5.41) is 5.61. The fraction of sp³-hybridized carbons (Fsp3) is 0.125. The third-order valence-corrected chi connectivity index (χ3v) is 3.71. The first-order valence-electron chi connectivity index (χ1n) is 6.94. The third kappa shape index (κ3) is 3.65. The largest absolute Gasteiger partial charge is 0.337 e. The van der Waals surface area contributed by atoms with Crippen molar-refractivity contribution in [3.05, 3.63) is 65.0 Å². The molecule has 0 spiro atoms. The number of hydrogen-bond donors (Lipinski definition) is 2. The van der Waals surface area contributed by atoms with Crippen molar-refractivity contribution in [2.45, 2.75) is 6.42 Å². The monoisotopic (exact) mass is 358 g/mol. The van der Waals surface area contributed by atoms with Crippen LogP contribution >= 0.6 is 15.9 Å². The summed E-state index contributed by atoms with van der Waals surface area (Å²) in [5.41, 5.74) is 2.63. The van der Waals surface area contributed by atoms with Crippen LogP contribution in [0.4, 0.5) is 10.5 Å². The zero-order valence-electron chi connectivity index (χ0n) is 11.8. The SMILES string of the molecule is O=C(NCCc1cn2ccccc2n1)Nc1ccc(Br)cc1. The molecule has 0 bridgehead atoms. The molecule has 2 aromatic heterocycles. The fourth-order valence-electron chi connectivity index (χ4n) is 2.12. The van der Waals surface area contributed by atoms with Gasteiger partial charge in [0.2, 0.25) is 0 Å². The number of imidazole rings is 1. The highest BCUT2D eigenvalue weighted by Crippen LogP contribution is 2.13. The van der Waals surface area contributed by atoms with Crippen molar-refractivity contribution in [2.75, 3.05) is 11.9 Å². The number of rotatable bonds is 4. The molecule has 0 saturated carbocycles. The second-order valence-corrected chi connectivity index (χ2v) is 5.75. The van der Waals surface area contributed by atoms with Crippen LogP contribution in [0.2, 0.25) is 0 Å². The smallest absolute Gasteiger partial charge is 0.319 e. The molecule has 0 atom stereocenters. The van der Waals surface area contributed by atoms with Crippen molar-refractivity contribution in [2.24, 2.45) is 0 Å². The Morgan fingerprint density at radius 1 is 1.18 bits per heavy atom. The van der Waals surface area contributed by atoms with Gasteiger partial charge in [-0.2, -0.15) is 0 Å². The van der Waals surface area contributed by atoms with E-state index in [1.807, 2.05) is 59.3 Å². The lowest BCUT2D eigenvalue weighted by molar-refractivity contribution is 0.252. The lowest BCUT2D eigenvalue weighted by Crippen LogP contribution is -2.30. The van der Waals surface area contributed by atoms with Crippen LogP contribution in [-0.2, 0) is 6.42 Å². The zero-order chi connectivity index (χ0) is 15.4. The molecule has 22 heavy (non-hydrogen) atoms. The summed E-state index contributed by atoms with van der Waals surface area (Å²) >= 11 is 3.36. The molecule has 2 N–H and O–H groups in total. The van der Waals surface area contributed by atoms with E-state index in [4.69, 9.17) is 0 Å². The molecule has 6 heteroatoms. The molecule has 3 rings (SSSR count). The van der Waals surface area contributed by atoms with Crippen molar-refractivity contribution in [3.63, 3.8) is 0 Å². The predicted molar refractivity (Wildman–Crippen MR) is 90.1 cm³/mol. The molecule has 1 aromatic carbocycles. The highest BCUT2D eigenvalue weighted by Gasteiger charge is 2.03. The van der Waals surface area contributed by atoms with E-state index in [0.29, 0.717) is 13.0 Å². The van der Waals surface area contributed by atoms with Gasteiger partial charge in [0.05, 0.1) is 5.69 Å². The van der Waals surface area contributed by atoms with Gasteiger partial charge in [0.15, 0.2) is 0 Å². The number of amides is 2. The van der Waals surface area contributed by atoms with Crippen molar-refractivity contribution in [1.29, 1.82) is 0 Å². The number of hydrogen-bond acceptors (Lipinski definition) is 2. The topological polar surface area (TPSA) is 58.4 Å². The number of carbonyl (C=O) groups is 1. The van der Waals surface area contributed by atoms with Gasteiger partial charge >= 0.3 is 6.03 Å². The van der Waals surface area contributed by atoms with Gasteiger partial charge in [-0.25, -0.2) is 9.78 Å². The van der Waals surface area contributed by atoms with Crippen molar-refractivity contribution < 1.29 is 4.79 Å². The number of nitrogens with one attached hydrogen (secondary N) is 2. The van der Waals surface area contributed by atoms with Gasteiger partial charge in [-0.3, -0.25) is 0 Å². The molecule has 2 amide bonds. The van der Waals surface area contributed by atoms with Gasteiger partial charge in [0.25, 0.3) is 0 Å². The van der Waals surface area contributed by atoms with Crippen LogP contribution in [0.15, 0.2) is 59.3 Å². The van der Waals surface area contributed by atoms with Crippen LogP contribution in [0.3, 0.4) is 0 Å². The first-order valence-corrected chi connectivity index (χ1v) is 7.73. The Balaban J connectivity index is 1.49. The Morgan fingerprint density at radius 2 is 2.00 bits per heavy atom. The maximum atomic E-state index is 11.8. The minimum atomic E-state index is -0.217. The van der Waals surface area contributed by atoms with Crippen molar-refractivity contribution in [1.82, 2.24) is 14.7 Å². The quantitative estimate of drug-likeness (QED) is 0.750. The summed E-state index contributed by atoms with van der Waals surface area (Å²) in [7, 11) is 0. The zero-order valence-corrected chi connectivity index (χ0v) is 13.4. The van der Waals surface area contributed by atoms with E-state index in [0.717, 1.165) is 21.5 Å². The molecule has 0 fully saturated rings. The second kappa shape index (κ2) is 6.62. The van der Waals surface area contributed by atoms with Gasteiger partial charge in [0, 0.05) is 35.5 Å². The fourth-order valence-corrected chi connectivity index (χ4v) is 2.38. The molecule has 2 heterocycles. The highest BCUT2D eigenvalue weighted by atomic mass is 79.9. The predicted octanol–water partition coefficient (Wildman–Crippen LogP) is 3.46. The van der Waals surface area contributed by atoms with E-state index in [1.54, 1.807) is 0 Å². The Labute approximate surface area is 136 Å². The number of urea groups is 1. The lowest BCUT2D eigenvalue weighted by atomic mass is 10.3. The highest BCUT2D eigenvalue weighted by molar-refractivity contribution is 9.10. The van der Waals surface area contributed by atoms with E-state index in [2.05, 4.69) is 31.5 Å². The van der Waals surface area contributed by atoms with Gasteiger partial charge in [-0.1, -0.05) is 22.0 Å². The van der Waals surface area contributed by atoms with Crippen LogP contribution in [0.5, 0.6) is 0 Å². The number of benzene rings is 1. The Hall–Kier alpha value is -2.34. The van der Waals surface area contributed by atoms with Crippen LogP contribution in [-0.4, -0.2) is 22.0 Å². The normalized spacial score (nSPS) is 10.6. The Kier molecular flexibility index (Phi) is 4.39. The maximum absolute atomic E-state index is 11.8. The number of nitrogens with zero attached hydrogens (tertiary/aromatic N) is 2. The molecule has 0 aliphatic heterocycles. The lowest BCUT2D eigenvalue weighted by Gasteiger charge is -2.06. The number of pyridine rings is 1. The molecule has 112 valence electrons. The maximum Gasteiger partial charge on any atom is 0.319 e. The summed E-state index contributed by atoms with van der Waals surface area (Å²) in [6, 6.07) is 13.1. The molecule has 0 saturated heterocycles. The molecule has 0 aliphatic carbocycles. The van der Waals surface area contributed by atoms with Crippen LogP contribution in [0, 0.1) is 0 Å². The average molecular weight is 359 g/mol. The minimum Gasteiger partial charge on any atom is -0.337 e. The molecule has 0 radical (unpaired) electrons. The van der Waals surface area contributed by atoms with Crippen LogP contribution in [0.1, 0.15) is 5.69 Å². The van der Waals surface area contributed by atoms with Crippen LogP contribution < -0.4 is 10.6 Å². The number of halogens is 1. The number of anilines is 1. The van der Waals surface area contributed by atoms with Crippen molar-refractivity contribution >= 4 is 33.3 Å². The first-order chi connectivity index (χ1) is 10.7. The molecular formula is C16H15BrN4O. The van der Waals surface area contributed by atoms with E-state index >= 15 is 0 Å². The molecular weight excluding hydrogens is 344 g/mol. The average Bonchev–Trinajstić information content (AvgIpc) is 2.92. The summed E-state index contributed by atoms with van der Waals surface area (Å²) < 4.78 is 2.95. The first kappa shape index (κ1) is 14.6. The number of aromatic nitrogens is 2. The van der Waals surface area contributed by atoms with E-state index in [1.165, 1.54) is 0 Å². The van der Waals surface area contributed by atoms with Gasteiger partial charge < -0.3 is 15.0 Å². The van der Waals surface area contributed by atoms with Gasteiger partial charge in [-0.05, 0) is 36.4 Å². The number of fused-ring (bicyclic) bond motifs is 1. The number of carbonyl (C=O) groups excluding carboxylic acids is 1. The van der Waals surface area contributed by atoms with E-state index in [9.17, 15) is 4.79 Å². The van der Waals surface area contributed by atoms with E-state index < -0.39 is 0 Å². The summed E-state index contributed by atoms with van der Waals surface area (Å²) in [5.74, 6) is 0. The van der Waals surface area contributed by atoms with Gasteiger partial charge in [0.1, 0.15) is 5.65 Å². The Morgan fingerprint density at radius 3 is 2.77 bits per heavy atom. The molecule has 0 aliphatic rings. The Bertz CT molecular complexity index is 749. The summed E-state index contributed by atoms with van der Waals surface area (Å²) in [4.78, 5) is 16.3. The standard InChI is InChI=1S/C16H15BrN4O/c17-12-4-6-13(7-5-12)20-16(22)18-9-8-14-11-21-10-2-1-3-15(21)19-14/h1-7,10-11H,8-9H2,(H2,18,20,22). The summed E-state index contributed by atoms with van der Waals surface area (Å²) in [6.45, 7) is 0.534. The van der Waals surface area contributed by atoms with Crippen molar-refractivity contribution in [3.8, 4) is 0 Å². The summed E-state index contributed by atoms with van der Waals surface area (Å²) in [6.07, 6.45) is 4.62. The minimum absolute atomic E-state index is 0.217. The van der Waals surface area contributed by atoms with E-state index in [-0.39, 0.29) is 6.03 Å². The second-order valence-electron chi connectivity index (χ2n) is 4.84. The molecule has 3 aromatic rings. The molecule has 5 nitrogen and oxygen atoms in total. The third-order valence-electron chi connectivity index (χ3n) is 3.18. The van der Waals surface area contributed by atoms with Gasteiger partial charge in [-0.15, -0.1) is 0 Å². The molecule has 0 unspecified atom stereocenters. The van der Waals surface area contributed by atoms with Crippen LogP contribution in [0.25, 0.3) is 5.65 Å².